The normalized spacial score (nSPS) is 12.0. The fraction of sp³-hybridized carbons (Fsp3) is 0.615. The van der Waals surface area contributed by atoms with Gasteiger partial charge in [-0.3, -0.25) is 0 Å². The van der Waals surface area contributed by atoms with Crippen molar-refractivity contribution >= 4 is 21.7 Å². The summed E-state index contributed by atoms with van der Waals surface area (Å²) >= 11 is 3.02. The minimum atomic E-state index is -4.41. The molecule has 0 bridgehead atoms. The lowest BCUT2D eigenvalue weighted by Crippen LogP contribution is -2.32. The highest BCUT2D eigenvalue weighted by Gasteiger charge is 2.35. The first-order valence-electron chi connectivity index (χ1n) is 6.36. The summed E-state index contributed by atoms with van der Waals surface area (Å²) in [5, 5.41) is 3.20. The highest BCUT2D eigenvalue weighted by molar-refractivity contribution is 9.10. The number of anilines is 1. The lowest BCUT2D eigenvalue weighted by molar-refractivity contribution is -0.137. The Hall–Kier alpha value is -0.820. The predicted octanol–water partition coefficient (Wildman–Crippen LogP) is 3.54. The fourth-order valence-corrected chi connectivity index (χ4v) is 2.02. The molecular weight excluding hydrogens is 335 g/mol. The molecule has 1 rings (SSSR count). The van der Waals surface area contributed by atoms with E-state index in [9.17, 15) is 13.2 Å². The van der Waals surface area contributed by atoms with E-state index in [-0.39, 0.29) is 5.82 Å². The Bertz CT molecular complexity index is 435. The SMILES string of the molecule is CC(C)CNCCN(C)c1ncc(Br)cc1C(F)(F)F. The summed E-state index contributed by atoms with van der Waals surface area (Å²) in [5.74, 6) is 0.462. The van der Waals surface area contributed by atoms with Gasteiger partial charge < -0.3 is 10.2 Å². The number of pyridine rings is 1. The zero-order chi connectivity index (χ0) is 15.3. The first kappa shape index (κ1) is 17.2. The quantitative estimate of drug-likeness (QED) is 0.792. The van der Waals surface area contributed by atoms with Crippen LogP contribution >= 0.6 is 15.9 Å². The van der Waals surface area contributed by atoms with Crippen LogP contribution in [-0.2, 0) is 6.18 Å². The lowest BCUT2D eigenvalue weighted by atomic mass is 10.2. The third-order valence-electron chi connectivity index (χ3n) is 2.68. The topological polar surface area (TPSA) is 28.2 Å². The molecule has 1 N–H and O–H groups in total. The van der Waals surface area contributed by atoms with Gasteiger partial charge >= 0.3 is 6.18 Å². The molecule has 0 aliphatic carbocycles. The van der Waals surface area contributed by atoms with Gasteiger partial charge in [0.25, 0.3) is 0 Å². The molecule has 0 amide bonds. The van der Waals surface area contributed by atoms with E-state index in [4.69, 9.17) is 0 Å². The third kappa shape index (κ3) is 5.28. The number of alkyl halides is 3. The minimum absolute atomic E-state index is 0.0490. The molecule has 0 unspecified atom stereocenters. The first-order valence-corrected chi connectivity index (χ1v) is 7.15. The van der Waals surface area contributed by atoms with Gasteiger partial charge in [-0.15, -0.1) is 0 Å². The molecule has 3 nitrogen and oxygen atoms in total. The van der Waals surface area contributed by atoms with Crippen molar-refractivity contribution in [1.29, 1.82) is 0 Å². The van der Waals surface area contributed by atoms with Crippen molar-refractivity contribution < 1.29 is 13.2 Å². The Morgan fingerprint density at radius 3 is 2.60 bits per heavy atom. The number of hydrogen-bond acceptors (Lipinski definition) is 3. The zero-order valence-corrected chi connectivity index (χ0v) is 13.3. The maximum absolute atomic E-state index is 13.0. The van der Waals surface area contributed by atoms with E-state index in [1.807, 2.05) is 0 Å². The maximum atomic E-state index is 13.0. The van der Waals surface area contributed by atoms with Gasteiger partial charge in [-0.25, -0.2) is 4.98 Å². The van der Waals surface area contributed by atoms with Crippen molar-refractivity contribution in [2.45, 2.75) is 20.0 Å². The van der Waals surface area contributed by atoms with E-state index in [2.05, 4.69) is 40.1 Å². The summed E-state index contributed by atoms with van der Waals surface area (Å²) < 4.78 is 39.3. The molecule has 0 spiro atoms. The summed E-state index contributed by atoms with van der Waals surface area (Å²) in [5.41, 5.74) is -0.724. The van der Waals surface area contributed by atoms with Crippen molar-refractivity contribution in [2.75, 3.05) is 31.6 Å². The van der Waals surface area contributed by atoms with E-state index in [0.29, 0.717) is 23.5 Å². The van der Waals surface area contributed by atoms with Crippen LogP contribution in [0.2, 0.25) is 0 Å². The van der Waals surface area contributed by atoms with Crippen molar-refractivity contribution in [3.8, 4) is 0 Å². The van der Waals surface area contributed by atoms with Gasteiger partial charge in [0.05, 0.1) is 5.56 Å². The maximum Gasteiger partial charge on any atom is 0.419 e. The number of nitrogens with zero attached hydrogens (tertiary/aromatic N) is 2. The minimum Gasteiger partial charge on any atom is -0.358 e. The van der Waals surface area contributed by atoms with Crippen LogP contribution in [0, 0.1) is 5.92 Å². The monoisotopic (exact) mass is 353 g/mol. The van der Waals surface area contributed by atoms with Gasteiger partial charge in [-0.1, -0.05) is 13.8 Å². The second-order valence-electron chi connectivity index (χ2n) is 5.04. The van der Waals surface area contributed by atoms with Crippen molar-refractivity contribution in [3.05, 3.63) is 22.3 Å². The summed E-state index contributed by atoms with van der Waals surface area (Å²) in [6, 6.07) is 1.06. The molecule has 0 saturated carbocycles. The highest BCUT2D eigenvalue weighted by Crippen LogP contribution is 2.36. The smallest absolute Gasteiger partial charge is 0.358 e. The Morgan fingerprint density at radius 2 is 2.05 bits per heavy atom. The Balaban J connectivity index is 2.75. The van der Waals surface area contributed by atoms with Crippen LogP contribution in [0.1, 0.15) is 19.4 Å². The van der Waals surface area contributed by atoms with Crippen LogP contribution in [0.5, 0.6) is 0 Å². The van der Waals surface area contributed by atoms with Gasteiger partial charge in [0.1, 0.15) is 5.82 Å². The number of rotatable bonds is 6. The van der Waals surface area contributed by atoms with E-state index >= 15 is 0 Å². The molecule has 7 heteroatoms. The number of likely N-dealkylation sites (N-methyl/N-ethyl adjacent to an activating group) is 1. The molecule has 1 aromatic heterocycles. The van der Waals surface area contributed by atoms with Crippen molar-refractivity contribution in [1.82, 2.24) is 10.3 Å². The van der Waals surface area contributed by atoms with Gasteiger partial charge in [-0.05, 0) is 34.5 Å². The van der Waals surface area contributed by atoms with E-state index < -0.39 is 11.7 Å². The number of aromatic nitrogens is 1. The number of halogens is 4. The summed E-state index contributed by atoms with van der Waals surface area (Å²) in [4.78, 5) is 5.41. The molecule has 0 aliphatic heterocycles. The van der Waals surface area contributed by atoms with Gasteiger partial charge in [0, 0.05) is 30.8 Å². The van der Waals surface area contributed by atoms with Crippen LogP contribution in [0.4, 0.5) is 19.0 Å². The Morgan fingerprint density at radius 1 is 1.40 bits per heavy atom. The van der Waals surface area contributed by atoms with Crippen LogP contribution in [0.15, 0.2) is 16.7 Å². The zero-order valence-electron chi connectivity index (χ0n) is 11.8. The Kier molecular flexibility index (Phi) is 6.26. The van der Waals surface area contributed by atoms with Gasteiger partial charge in [0.2, 0.25) is 0 Å². The van der Waals surface area contributed by atoms with Crippen molar-refractivity contribution in [2.24, 2.45) is 5.92 Å². The number of nitrogens with one attached hydrogen (secondary N) is 1. The highest BCUT2D eigenvalue weighted by atomic mass is 79.9. The van der Waals surface area contributed by atoms with Crippen LogP contribution in [-0.4, -0.2) is 31.7 Å². The molecule has 0 aliphatic rings. The van der Waals surface area contributed by atoms with Crippen LogP contribution in [0.25, 0.3) is 0 Å². The van der Waals surface area contributed by atoms with Crippen LogP contribution < -0.4 is 10.2 Å². The molecular formula is C13H19BrF3N3. The Labute approximate surface area is 125 Å². The lowest BCUT2D eigenvalue weighted by Gasteiger charge is -2.22. The fourth-order valence-electron chi connectivity index (χ4n) is 1.69. The molecule has 0 saturated heterocycles. The molecule has 114 valence electrons. The second kappa shape index (κ2) is 7.26. The van der Waals surface area contributed by atoms with Gasteiger partial charge in [-0.2, -0.15) is 13.2 Å². The molecule has 0 atom stereocenters. The van der Waals surface area contributed by atoms with E-state index in [1.54, 1.807) is 7.05 Å². The van der Waals surface area contributed by atoms with E-state index in [0.717, 1.165) is 12.6 Å². The predicted molar refractivity (Wildman–Crippen MR) is 77.9 cm³/mol. The summed E-state index contributed by atoms with van der Waals surface area (Å²) in [6.07, 6.45) is -3.03. The largest absolute Gasteiger partial charge is 0.419 e. The molecule has 0 aromatic carbocycles. The van der Waals surface area contributed by atoms with Crippen molar-refractivity contribution in [3.63, 3.8) is 0 Å². The molecule has 20 heavy (non-hydrogen) atoms. The molecule has 0 fully saturated rings. The van der Waals surface area contributed by atoms with E-state index in [1.165, 1.54) is 11.1 Å². The first-order chi connectivity index (χ1) is 9.21. The average molecular weight is 354 g/mol. The average Bonchev–Trinajstić information content (AvgIpc) is 2.33. The summed E-state index contributed by atoms with van der Waals surface area (Å²) in [6.45, 7) is 6.07. The van der Waals surface area contributed by atoms with Crippen LogP contribution in [0.3, 0.4) is 0 Å². The molecule has 1 heterocycles. The molecule has 1 aromatic rings. The second-order valence-corrected chi connectivity index (χ2v) is 5.96. The third-order valence-corrected chi connectivity index (χ3v) is 3.11. The standard InChI is InChI=1S/C13H19BrF3N3/c1-9(2)7-18-4-5-20(3)12-11(13(15,16)17)6-10(14)8-19-12/h6,8-9,18H,4-5,7H2,1-3H3. The summed E-state index contributed by atoms with van der Waals surface area (Å²) in [7, 11) is 1.61. The number of hydrogen-bond donors (Lipinski definition) is 1. The van der Waals surface area contributed by atoms with Gasteiger partial charge in [0.15, 0.2) is 0 Å². The molecule has 0 radical (unpaired) electrons.